The van der Waals surface area contributed by atoms with Crippen LogP contribution in [0.1, 0.15) is 23.7 Å². The molecule has 0 atom stereocenters. The highest BCUT2D eigenvalue weighted by Gasteiger charge is 2.02. The largest absolute Gasteiger partial charge is 0.381 e. The van der Waals surface area contributed by atoms with Crippen LogP contribution in [0.4, 0.5) is 11.4 Å². The molecule has 0 saturated heterocycles. The van der Waals surface area contributed by atoms with Crippen molar-refractivity contribution in [3.8, 4) is 0 Å². The number of aryl methyl sites for hydroxylation is 2. The van der Waals surface area contributed by atoms with E-state index in [0.717, 1.165) is 28.2 Å². The summed E-state index contributed by atoms with van der Waals surface area (Å²) in [5.74, 6) is -0.0621. The van der Waals surface area contributed by atoms with E-state index >= 15 is 0 Å². The van der Waals surface area contributed by atoms with E-state index in [9.17, 15) is 4.79 Å². The first-order valence-corrected chi connectivity index (χ1v) is 6.58. The summed E-state index contributed by atoms with van der Waals surface area (Å²) in [5.41, 5.74) is 4.99. The zero-order chi connectivity index (χ0) is 14.5. The number of benzene rings is 1. The second-order valence-electron chi connectivity index (χ2n) is 4.87. The summed E-state index contributed by atoms with van der Waals surface area (Å²) in [6.45, 7) is 6.16. The minimum absolute atomic E-state index is 0.0621. The lowest BCUT2D eigenvalue weighted by Gasteiger charge is -2.11. The summed E-state index contributed by atoms with van der Waals surface area (Å²) in [6, 6.07) is 9.98. The Morgan fingerprint density at radius 2 is 2.00 bits per heavy atom. The van der Waals surface area contributed by atoms with Gasteiger partial charge in [0.2, 0.25) is 5.91 Å². The van der Waals surface area contributed by atoms with Gasteiger partial charge < -0.3 is 10.6 Å². The Morgan fingerprint density at radius 3 is 2.65 bits per heavy atom. The van der Waals surface area contributed by atoms with Crippen molar-refractivity contribution in [2.45, 2.75) is 27.3 Å². The lowest BCUT2D eigenvalue weighted by molar-refractivity contribution is -0.114. The Hall–Kier alpha value is -2.36. The predicted molar refractivity (Wildman–Crippen MR) is 81.8 cm³/mol. The Morgan fingerprint density at radius 1 is 1.20 bits per heavy atom. The first-order valence-electron chi connectivity index (χ1n) is 6.58. The Kier molecular flexibility index (Phi) is 4.35. The standard InChI is InChI=1S/C16H19N3O/c1-11-4-7-15(8-16(11)19-13(3)20)18-10-14-6-5-12(2)17-9-14/h4-9,18H,10H2,1-3H3,(H,19,20). The van der Waals surface area contributed by atoms with E-state index in [0.29, 0.717) is 6.54 Å². The van der Waals surface area contributed by atoms with Crippen molar-refractivity contribution in [2.24, 2.45) is 0 Å². The smallest absolute Gasteiger partial charge is 0.221 e. The van der Waals surface area contributed by atoms with Crippen molar-refractivity contribution in [1.82, 2.24) is 4.98 Å². The van der Waals surface area contributed by atoms with Crippen LogP contribution in [0.3, 0.4) is 0 Å². The van der Waals surface area contributed by atoms with E-state index in [2.05, 4.69) is 21.7 Å². The van der Waals surface area contributed by atoms with Gasteiger partial charge in [0.25, 0.3) is 0 Å². The van der Waals surface area contributed by atoms with E-state index in [1.165, 1.54) is 6.92 Å². The van der Waals surface area contributed by atoms with Crippen LogP contribution >= 0.6 is 0 Å². The van der Waals surface area contributed by atoms with Crippen LogP contribution in [0.5, 0.6) is 0 Å². The SMILES string of the molecule is CC(=O)Nc1cc(NCc2ccc(C)nc2)ccc1C. The summed E-state index contributed by atoms with van der Waals surface area (Å²) >= 11 is 0. The molecule has 0 aliphatic carbocycles. The van der Waals surface area contributed by atoms with Gasteiger partial charge in [-0.1, -0.05) is 12.1 Å². The molecule has 2 N–H and O–H groups in total. The molecule has 0 spiro atoms. The van der Waals surface area contributed by atoms with Gasteiger partial charge in [0.15, 0.2) is 0 Å². The first kappa shape index (κ1) is 14.1. The summed E-state index contributed by atoms with van der Waals surface area (Å²) in [7, 11) is 0. The Bertz CT molecular complexity index is 606. The number of hydrogen-bond acceptors (Lipinski definition) is 3. The molecule has 1 aromatic heterocycles. The number of aromatic nitrogens is 1. The number of nitrogens with one attached hydrogen (secondary N) is 2. The maximum absolute atomic E-state index is 11.1. The maximum atomic E-state index is 11.1. The van der Waals surface area contributed by atoms with Crippen LogP contribution < -0.4 is 10.6 Å². The quantitative estimate of drug-likeness (QED) is 0.895. The molecule has 0 radical (unpaired) electrons. The third kappa shape index (κ3) is 3.82. The summed E-state index contributed by atoms with van der Waals surface area (Å²) < 4.78 is 0. The molecule has 0 aliphatic heterocycles. The fraction of sp³-hybridized carbons (Fsp3) is 0.250. The minimum atomic E-state index is -0.0621. The predicted octanol–water partition coefficient (Wildman–Crippen LogP) is 3.27. The molecular weight excluding hydrogens is 250 g/mol. The molecule has 2 rings (SSSR count). The minimum Gasteiger partial charge on any atom is -0.381 e. The van der Waals surface area contributed by atoms with Gasteiger partial charge in [0.05, 0.1) is 0 Å². The van der Waals surface area contributed by atoms with Gasteiger partial charge >= 0.3 is 0 Å². The second-order valence-corrected chi connectivity index (χ2v) is 4.87. The number of rotatable bonds is 4. The third-order valence-electron chi connectivity index (χ3n) is 3.02. The van der Waals surface area contributed by atoms with Gasteiger partial charge in [-0.2, -0.15) is 0 Å². The van der Waals surface area contributed by atoms with E-state index in [4.69, 9.17) is 0 Å². The molecule has 0 fully saturated rings. The lowest BCUT2D eigenvalue weighted by Crippen LogP contribution is -2.08. The van der Waals surface area contributed by atoms with Crippen LogP contribution in [0.2, 0.25) is 0 Å². The normalized spacial score (nSPS) is 10.2. The van der Waals surface area contributed by atoms with Gasteiger partial charge in [0.1, 0.15) is 0 Å². The van der Waals surface area contributed by atoms with Crippen molar-refractivity contribution in [3.05, 3.63) is 53.3 Å². The average molecular weight is 269 g/mol. The van der Waals surface area contributed by atoms with Crippen molar-refractivity contribution in [3.63, 3.8) is 0 Å². The molecule has 0 unspecified atom stereocenters. The van der Waals surface area contributed by atoms with E-state index in [-0.39, 0.29) is 5.91 Å². The van der Waals surface area contributed by atoms with Crippen molar-refractivity contribution >= 4 is 17.3 Å². The topological polar surface area (TPSA) is 54.0 Å². The number of nitrogens with zero attached hydrogens (tertiary/aromatic N) is 1. The van der Waals surface area contributed by atoms with Gasteiger partial charge in [-0.05, 0) is 43.2 Å². The summed E-state index contributed by atoms with van der Waals surface area (Å²) in [5, 5.41) is 6.16. The molecule has 1 aromatic carbocycles. The number of carbonyl (C=O) groups is 1. The number of amides is 1. The van der Waals surface area contributed by atoms with E-state index in [1.54, 1.807) is 0 Å². The fourth-order valence-electron chi connectivity index (χ4n) is 1.86. The fourth-order valence-corrected chi connectivity index (χ4v) is 1.86. The Labute approximate surface area is 119 Å². The van der Waals surface area contributed by atoms with E-state index in [1.807, 2.05) is 44.3 Å². The Balaban J connectivity index is 2.06. The van der Waals surface area contributed by atoms with E-state index < -0.39 is 0 Å². The maximum Gasteiger partial charge on any atom is 0.221 e. The monoisotopic (exact) mass is 269 g/mol. The van der Waals surface area contributed by atoms with Crippen LogP contribution in [0, 0.1) is 13.8 Å². The van der Waals surface area contributed by atoms with Gasteiger partial charge in [0, 0.05) is 36.7 Å². The highest BCUT2D eigenvalue weighted by atomic mass is 16.1. The van der Waals surface area contributed by atoms with Gasteiger partial charge in [-0.15, -0.1) is 0 Å². The average Bonchev–Trinajstić information content (AvgIpc) is 2.41. The van der Waals surface area contributed by atoms with Crippen LogP contribution in [0.25, 0.3) is 0 Å². The zero-order valence-corrected chi connectivity index (χ0v) is 12.0. The van der Waals surface area contributed by atoms with Crippen LogP contribution in [-0.4, -0.2) is 10.9 Å². The van der Waals surface area contributed by atoms with Gasteiger partial charge in [-0.3, -0.25) is 9.78 Å². The van der Waals surface area contributed by atoms with Crippen LogP contribution in [0.15, 0.2) is 36.5 Å². The molecule has 2 aromatic rings. The van der Waals surface area contributed by atoms with Crippen molar-refractivity contribution < 1.29 is 4.79 Å². The molecule has 0 bridgehead atoms. The van der Waals surface area contributed by atoms with Crippen molar-refractivity contribution in [1.29, 1.82) is 0 Å². The molecule has 20 heavy (non-hydrogen) atoms. The first-order chi connectivity index (χ1) is 9.54. The van der Waals surface area contributed by atoms with Crippen LogP contribution in [-0.2, 0) is 11.3 Å². The molecule has 0 saturated carbocycles. The molecule has 0 aliphatic rings. The molecule has 4 nitrogen and oxygen atoms in total. The lowest BCUT2D eigenvalue weighted by atomic mass is 10.1. The second kappa shape index (κ2) is 6.19. The summed E-state index contributed by atoms with van der Waals surface area (Å²) in [6.07, 6.45) is 1.87. The number of hydrogen-bond donors (Lipinski definition) is 2. The third-order valence-corrected chi connectivity index (χ3v) is 3.02. The molecule has 104 valence electrons. The number of pyridine rings is 1. The van der Waals surface area contributed by atoms with Crippen molar-refractivity contribution in [2.75, 3.05) is 10.6 Å². The number of anilines is 2. The van der Waals surface area contributed by atoms with Gasteiger partial charge in [-0.25, -0.2) is 0 Å². The molecular formula is C16H19N3O. The molecule has 4 heteroatoms. The highest BCUT2D eigenvalue weighted by Crippen LogP contribution is 2.20. The zero-order valence-electron chi connectivity index (χ0n) is 12.0. The highest BCUT2D eigenvalue weighted by molar-refractivity contribution is 5.90. The molecule has 1 heterocycles. The molecule has 1 amide bonds. The number of carbonyl (C=O) groups excluding carboxylic acids is 1. The summed E-state index contributed by atoms with van der Waals surface area (Å²) in [4.78, 5) is 15.4.